The van der Waals surface area contributed by atoms with Gasteiger partial charge in [-0.25, -0.2) is 14.0 Å². The number of cyclic esters (lactones) is 1. The fourth-order valence-corrected chi connectivity index (χ4v) is 4.26. The second-order valence-electron chi connectivity index (χ2n) is 7.75. The molecule has 28 heavy (non-hydrogen) atoms. The zero-order valence-electron chi connectivity index (χ0n) is 15.5. The van der Waals surface area contributed by atoms with Crippen molar-refractivity contribution in [2.24, 2.45) is 5.92 Å². The smallest absolute Gasteiger partial charge is 0.407 e. The minimum Gasteiger partial charge on any atom is -0.492 e. The quantitative estimate of drug-likeness (QED) is 0.830. The SMILES string of the molecule is O=C1NC2(CCN(C(=O)N3CCC(COc4ccc(F)cc4Cl)CC3)C2)CO1. The average Bonchev–Trinajstić information content (AvgIpc) is 3.26. The summed E-state index contributed by atoms with van der Waals surface area (Å²) in [7, 11) is 0. The molecule has 0 saturated carbocycles. The Morgan fingerprint density at radius 3 is 2.79 bits per heavy atom. The summed E-state index contributed by atoms with van der Waals surface area (Å²) in [5.41, 5.74) is -0.423. The average molecular weight is 412 g/mol. The summed E-state index contributed by atoms with van der Waals surface area (Å²) >= 11 is 5.99. The third kappa shape index (κ3) is 3.97. The van der Waals surface area contributed by atoms with Crippen molar-refractivity contribution < 1.29 is 23.5 Å². The molecule has 3 aliphatic rings. The molecule has 1 spiro atoms. The number of carbonyl (C=O) groups is 2. The van der Waals surface area contributed by atoms with Gasteiger partial charge >= 0.3 is 12.1 Å². The molecule has 0 radical (unpaired) electrons. The highest BCUT2D eigenvalue weighted by molar-refractivity contribution is 6.32. The van der Waals surface area contributed by atoms with E-state index in [-0.39, 0.29) is 11.1 Å². The Kier molecular flexibility index (Phi) is 5.23. The van der Waals surface area contributed by atoms with Gasteiger partial charge in [0, 0.05) is 26.2 Å². The molecule has 4 rings (SSSR count). The Morgan fingerprint density at radius 2 is 2.11 bits per heavy atom. The topological polar surface area (TPSA) is 71.1 Å². The molecule has 1 aromatic carbocycles. The predicted octanol–water partition coefficient (Wildman–Crippen LogP) is 2.87. The summed E-state index contributed by atoms with van der Waals surface area (Å²) in [4.78, 5) is 27.8. The number of amides is 3. The number of hydrogen-bond donors (Lipinski definition) is 1. The van der Waals surface area contributed by atoms with Crippen molar-refractivity contribution in [1.82, 2.24) is 15.1 Å². The third-order valence-corrected chi connectivity index (χ3v) is 6.02. The first kappa shape index (κ1) is 19.1. The summed E-state index contributed by atoms with van der Waals surface area (Å²) in [6, 6.07) is 4.10. The van der Waals surface area contributed by atoms with E-state index in [2.05, 4.69) is 5.32 Å². The van der Waals surface area contributed by atoms with E-state index in [1.54, 1.807) is 4.90 Å². The van der Waals surface area contributed by atoms with Crippen molar-refractivity contribution in [2.75, 3.05) is 39.4 Å². The molecule has 3 aliphatic heterocycles. The van der Waals surface area contributed by atoms with Crippen molar-refractivity contribution >= 4 is 23.7 Å². The number of nitrogens with zero attached hydrogens (tertiary/aromatic N) is 2. The highest BCUT2D eigenvalue weighted by atomic mass is 35.5. The van der Waals surface area contributed by atoms with Crippen molar-refractivity contribution in [3.05, 3.63) is 29.0 Å². The first-order valence-corrected chi connectivity index (χ1v) is 9.89. The third-order valence-electron chi connectivity index (χ3n) is 5.72. The van der Waals surface area contributed by atoms with Gasteiger partial charge < -0.3 is 24.6 Å². The van der Waals surface area contributed by atoms with E-state index < -0.39 is 17.4 Å². The molecule has 1 atom stereocenters. The minimum atomic E-state index is -0.423. The number of piperidine rings is 1. The number of ether oxygens (including phenoxy) is 2. The van der Waals surface area contributed by atoms with E-state index in [4.69, 9.17) is 21.1 Å². The molecule has 0 aliphatic carbocycles. The van der Waals surface area contributed by atoms with Crippen LogP contribution in [0, 0.1) is 11.7 Å². The highest BCUT2D eigenvalue weighted by Gasteiger charge is 2.47. The zero-order valence-corrected chi connectivity index (χ0v) is 16.2. The van der Waals surface area contributed by atoms with E-state index in [1.165, 1.54) is 18.2 Å². The van der Waals surface area contributed by atoms with Crippen molar-refractivity contribution in [3.8, 4) is 5.75 Å². The van der Waals surface area contributed by atoms with E-state index >= 15 is 0 Å². The van der Waals surface area contributed by atoms with E-state index in [9.17, 15) is 14.0 Å². The number of benzene rings is 1. The first-order valence-electron chi connectivity index (χ1n) is 9.51. The standard InChI is InChI=1S/C19H23ClFN3O4/c20-15-9-14(21)1-2-16(15)27-10-13-3-6-23(7-4-13)18(26)24-8-5-19(11-24)12-28-17(25)22-19/h1-2,9,13H,3-8,10-12H2,(H,22,25). The van der Waals surface area contributed by atoms with Crippen molar-refractivity contribution in [3.63, 3.8) is 0 Å². The van der Waals surface area contributed by atoms with Crippen LogP contribution in [0.3, 0.4) is 0 Å². The van der Waals surface area contributed by atoms with Crippen LogP contribution in [0.25, 0.3) is 0 Å². The van der Waals surface area contributed by atoms with Gasteiger partial charge in [0.2, 0.25) is 0 Å². The summed E-state index contributed by atoms with van der Waals surface area (Å²) in [5.74, 6) is 0.402. The van der Waals surface area contributed by atoms with Gasteiger partial charge in [-0.2, -0.15) is 0 Å². The molecular formula is C19H23ClFN3O4. The number of likely N-dealkylation sites (tertiary alicyclic amines) is 2. The maximum absolute atomic E-state index is 13.1. The van der Waals surface area contributed by atoms with E-state index in [0.29, 0.717) is 57.5 Å². The molecule has 3 amide bonds. The number of urea groups is 1. The summed E-state index contributed by atoms with van der Waals surface area (Å²) in [6.07, 6.45) is 1.98. The van der Waals surface area contributed by atoms with Crippen molar-refractivity contribution in [1.29, 1.82) is 0 Å². The lowest BCUT2D eigenvalue weighted by Gasteiger charge is -2.34. The maximum Gasteiger partial charge on any atom is 0.407 e. The minimum absolute atomic E-state index is 0.0129. The fourth-order valence-electron chi connectivity index (χ4n) is 4.04. The number of hydrogen-bond acceptors (Lipinski definition) is 4. The molecule has 7 nitrogen and oxygen atoms in total. The van der Waals surface area contributed by atoms with Crippen LogP contribution >= 0.6 is 11.6 Å². The summed E-state index contributed by atoms with van der Waals surface area (Å²) < 4.78 is 23.8. The second-order valence-corrected chi connectivity index (χ2v) is 8.16. The van der Waals surface area contributed by atoms with E-state index in [1.807, 2.05) is 4.90 Å². The van der Waals surface area contributed by atoms with Crippen LogP contribution in [0.2, 0.25) is 5.02 Å². The van der Waals surface area contributed by atoms with E-state index in [0.717, 1.165) is 12.8 Å². The lowest BCUT2D eigenvalue weighted by atomic mass is 9.98. The monoisotopic (exact) mass is 411 g/mol. The molecule has 0 aromatic heterocycles. The van der Waals surface area contributed by atoms with Gasteiger partial charge in [-0.1, -0.05) is 11.6 Å². The number of rotatable bonds is 3. The van der Waals surface area contributed by atoms with Gasteiger partial charge in [0.25, 0.3) is 0 Å². The molecule has 1 N–H and O–H groups in total. The summed E-state index contributed by atoms with van der Waals surface area (Å²) in [5, 5.41) is 3.10. The largest absolute Gasteiger partial charge is 0.492 e. The van der Waals surface area contributed by atoms with Gasteiger partial charge in [0.15, 0.2) is 0 Å². The van der Waals surface area contributed by atoms with Crippen LogP contribution in [-0.4, -0.2) is 66.9 Å². The summed E-state index contributed by atoms with van der Waals surface area (Å²) in [6.45, 7) is 3.25. The Bertz CT molecular complexity index is 772. The van der Waals surface area contributed by atoms with Gasteiger partial charge in [0.1, 0.15) is 18.2 Å². The van der Waals surface area contributed by atoms with Crippen LogP contribution < -0.4 is 10.1 Å². The maximum atomic E-state index is 13.1. The zero-order chi connectivity index (χ0) is 19.7. The molecule has 1 unspecified atom stereocenters. The lowest BCUT2D eigenvalue weighted by molar-refractivity contribution is 0.122. The number of carbonyl (C=O) groups excluding carboxylic acids is 2. The number of alkyl carbamates (subject to hydrolysis) is 1. The molecule has 1 aromatic rings. The van der Waals surface area contributed by atoms with Crippen LogP contribution in [0.1, 0.15) is 19.3 Å². The Balaban J connectivity index is 1.24. The van der Waals surface area contributed by atoms with Crippen LogP contribution in [-0.2, 0) is 4.74 Å². The highest BCUT2D eigenvalue weighted by Crippen LogP contribution is 2.29. The molecule has 3 heterocycles. The van der Waals surface area contributed by atoms with Crippen LogP contribution in [0.15, 0.2) is 18.2 Å². The Hall–Kier alpha value is -2.22. The van der Waals surface area contributed by atoms with Crippen LogP contribution in [0.4, 0.5) is 14.0 Å². The molecular weight excluding hydrogens is 389 g/mol. The molecule has 152 valence electrons. The predicted molar refractivity (Wildman–Crippen MR) is 100 cm³/mol. The van der Waals surface area contributed by atoms with Gasteiger partial charge in [-0.3, -0.25) is 0 Å². The molecule has 3 fully saturated rings. The molecule has 0 bridgehead atoms. The fraction of sp³-hybridized carbons (Fsp3) is 0.579. The second kappa shape index (κ2) is 7.66. The number of halogens is 2. The van der Waals surface area contributed by atoms with Gasteiger partial charge in [-0.15, -0.1) is 0 Å². The molecule has 9 heteroatoms. The van der Waals surface area contributed by atoms with Gasteiger partial charge in [-0.05, 0) is 43.4 Å². The Labute approximate surface area is 167 Å². The number of nitrogens with one attached hydrogen (secondary N) is 1. The molecule has 3 saturated heterocycles. The Morgan fingerprint density at radius 1 is 1.32 bits per heavy atom. The normalized spacial score (nSPS) is 25.1. The first-order chi connectivity index (χ1) is 13.4. The van der Waals surface area contributed by atoms with Gasteiger partial charge in [0.05, 0.1) is 17.2 Å². The van der Waals surface area contributed by atoms with Crippen molar-refractivity contribution in [2.45, 2.75) is 24.8 Å². The lowest BCUT2D eigenvalue weighted by Crippen LogP contribution is -2.50. The van der Waals surface area contributed by atoms with Crippen LogP contribution in [0.5, 0.6) is 5.75 Å².